The SMILES string of the molecule is COCCCNC(C)(CCC(C)C)C(=O)O. The summed E-state index contributed by atoms with van der Waals surface area (Å²) >= 11 is 0. The van der Waals surface area contributed by atoms with Crippen LogP contribution in [-0.4, -0.2) is 36.9 Å². The number of methoxy groups -OCH3 is 1. The van der Waals surface area contributed by atoms with Crippen molar-refractivity contribution < 1.29 is 14.6 Å². The van der Waals surface area contributed by atoms with Crippen molar-refractivity contribution in [2.24, 2.45) is 5.92 Å². The van der Waals surface area contributed by atoms with Crippen LogP contribution in [0.15, 0.2) is 0 Å². The average Bonchev–Trinajstić information content (AvgIpc) is 2.21. The first-order valence-electron chi connectivity index (χ1n) is 5.89. The van der Waals surface area contributed by atoms with E-state index in [1.54, 1.807) is 14.0 Å². The second-order valence-electron chi connectivity index (χ2n) is 4.84. The maximum atomic E-state index is 11.2. The molecule has 0 aromatic heterocycles. The fourth-order valence-corrected chi connectivity index (χ4v) is 1.43. The molecule has 0 amide bonds. The summed E-state index contributed by atoms with van der Waals surface area (Å²) in [5.41, 5.74) is -0.808. The van der Waals surface area contributed by atoms with Crippen LogP contribution in [0, 0.1) is 5.92 Å². The summed E-state index contributed by atoms with van der Waals surface area (Å²) in [6.45, 7) is 7.30. The molecule has 0 aromatic rings. The summed E-state index contributed by atoms with van der Waals surface area (Å²) in [5, 5.41) is 12.3. The maximum Gasteiger partial charge on any atom is 0.323 e. The normalized spacial score (nSPS) is 15.1. The van der Waals surface area contributed by atoms with Gasteiger partial charge < -0.3 is 15.2 Å². The zero-order valence-electron chi connectivity index (χ0n) is 10.9. The van der Waals surface area contributed by atoms with E-state index in [2.05, 4.69) is 19.2 Å². The number of hydrogen-bond donors (Lipinski definition) is 2. The molecule has 0 bridgehead atoms. The second-order valence-corrected chi connectivity index (χ2v) is 4.84. The van der Waals surface area contributed by atoms with Crippen molar-refractivity contribution in [2.45, 2.75) is 45.6 Å². The zero-order valence-corrected chi connectivity index (χ0v) is 10.9. The van der Waals surface area contributed by atoms with Gasteiger partial charge in [-0.05, 0) is 38.6 Å². The predicted molar refractivity (Wildman–Crippen MR) is 64.6 cm³/mol. The minimum atomic E-state index is -0.808. The van der Waals surface area contributed by atoms with E-state index in [1.165, 1.54) is 0 Å². The quantitative estimate of drug-likeness (QED) is 0.595. The lowest BCUT2D eigenvalue weighted by Crippen LogP contribution is -2.50. The lowest BCUT2D eigenvalue weighted by atomic mass is 9.92. The Morgan fingerprint density at radius 2 is 2.12 bits per heavy atom. The second kappa shape index (κ2) is 7.63. The Morgan fingerprint density at radius 1 is 1.50 bits per heavy atom. The Morgan fingerprint density at radius 3 is 2.56 bits per heavy atom. The number of rotatable bonds is 9. The van der Waals surface area contributed by atoms with Gasteiger partial charge in [0.15, 0.2) is 0 Å². The summed E-state index contributed by atoms with van der Waals surface area (Å²) < 4.78 is 4.93. The summed E-state index contributed by atoms with van der Waals surface area (Å²) in [5.74, 6) is -0.245. The van der Waals surface area contributed by atoms with Crippen LogP contribution in [0.5, 0.6) is 0 Å². The molecule has 1 unspecified atom stereocenters. The number of nitrogens with one attached hydrogen (secondary N) is 1. The minimum absolute atomic E-state index is 0.527. The van der Waals surface area contributed by atoms with E-state index in [0.717, 1.165) is 12.8 Å². The van der Waals surface area contributed by atoms with Crippen LogP contribution >= 0.6 is 0 Å². The topological polar surface area (TPSA) is 58.6 Å². The average molecular weight is 231 g/mol. The molecule has 0 saturated heterocycles. The summed E-state index contributed by atoms with van der Waals surface area (Å²) in [4.78, 5) is 11.2. The van der Waals surface area contributed by atoms with Crippen LogP contribution < -0.4 is 5.32 Å². The van der Waals surface area contributed by atoms with Gasteiger partial charge in [0.1, 0.15) is 5.54 Å². The smallest absolute Gasteiger partial charge is 0.323 e. The van der Waals surface area contributed by atoms with Crippen molar-refractivity contribution in [3.05, 3.63) is 0 Å². The van der Waals surface area contributed by atoms with Crippen molar-refractivity contribution in [1.82, 2.24) is 5.32 Å². The van der Waals surface area contributed by atoms with Crippen LogP contribution in [0.1, 0.15) is 40.0 Å². The van der Waals surface area contributed by atoms with Gasteiger partial charge in [-0.2, -0.15) is 0 Å². The number of hydrogen-bond acceptors (Lipinski definition) is 3. The van der Waals surface area contributed by atoms with E-state index in [-0.39, 0.29) is 0 Å². The van der Waals surface area contributed by atoms with Crippen molar-refractivity contribution in [3.8, 4) is 0 Å². The first-order valence-corrected chi connectivity index (χ1v) is 5.89. The van der Waals surface area contributed by atoms with Crippen LogP contribution in [0.4, 0.5) is 0 Å². The highest BCUT2D eigenvalue weighted by Gasteiger charge is 2.31. The molecule has 0 aliphatic rings. The highest BCUT2D eigenvalue weighted by molar-refractivity contribution is 5.78. The number of carboxylic acids is 1. The molecule has 0 saturated carbocycles. The van der Waals surface area contributed by atoms with Gasteiger partial charge in [-0.15, -0.1) is 0 Å². The molecule has 0 rings (SSSR count). The Labute approximate surface area is 98.4 Å². The van der Waals surface area contributed by atoms with E-state index in [9.17, 15) is 9.90 Å². The van der Waals surface area contributed by atoms with Crippen molar-refractivity contribution in [3.63, 3.8) is 0 Å². The van der Waals surface area contributed by atoms with Gasteiger partial charge in [0.05, 0.1) is 0 Å². The van der Waals surface area contributed by atoms with E-state index in [4.69, 9.17) is 4.74 Å². The molecule has 0 radical (unpaired) electrons. The van der Waals surface area contributed by atoms with E-state index in [0.29, 0.717) is 25.5 Å². The molecule has 0 aliphatic heterocycles. The standard InChI is InChI=1S/C12H25NO3/c1-10(2)6-7-12(3,11(14)15)13-8-5-9-16-4/h10,13H,5-9H2,1-4H3,(H,14,15). The number of ether oxygens (including phenoxy) is 1. The van der Waals surface area contributed by atoms with Gasteiger partial charge in [0.25, 0.3) is 0 Å². The van der Waals surface area contributed by atoms with Crippen molar-refractivity contribution >= 4 is 5.97 Å². The molecule has 0 aliphatic carbocycles. The molecule has 0 fully saturated rings. The summed E-state index contributed by atoms with van der Waals surface area (Å²) in [6, 6.07) is 0. The van der Waals surface area contributed by atoms with Crippen LogP contribution in [0.25, 0.3) is 0 Å². The first kappa shape index (κ1) is 15.4. The molecule has 16 heavy (non-hydrogen) atoms. The molecular weight excluding hydrogens is 206 g/mol. The highest BCUT2D eigenvalue weighted by atomic mass is 16.5. The van der Waals surface area contributed by atoms with Crippen LogP contribution in [-0.2, 0) is 9.53 Å². The Kier molecular flexibility index (Phi) is 7.34. The van der Waals surface area contributed by atoms with E-state index in [1.807, 2.05) is 0 Å². The molecule has 0 spiro atoms. The van der Waals surface area contributed by atoms with Gasteiger partial charge in [0.2, 0.25) is 0 Å². The lowest BCUT2D eigenvalue weighted by Gasteiger charge is -2.27. The Bertz CT molecular complexity index is 206. The third-order valence-electron chi connectivity index (χ3n) is 2.73. The first-order chi connectivity index (χ1) is 7.42. The minimum Gasteiger partial charge on any atom is -0.480 e. The maximum absolute atomic E-state index is 11.2. The van der Waals surface area contributed by atoms with Gasteiger partial charge in [0, 0.05) is 13.7 Å². The third-order valence-corrected chi connectivity index (χ3v) is 2.73. The predicted octanol–water partition coefficient (Wildman–Crippen LogP) is 1.89. The molecule has 96 valence electrons. The molecule has 1 atom stereocenters. The lowest BCUT2D eigenvalue weighted by molar-refractivity contribution is -0.144. The zero-order chi connectivity index (χ0) is 12.6. The molecule has 4 heteroatoms. The van der Waals surface area contributed by atoms with Crippen LogP contribution in [0.2, 0.25) is 0 Å². The van der Waals surface area contributed by atoms with Gasteiger partial charge in [-0.3, -0.25) is 4.79 Å². The fourth-order valence-electron chi connectivity index (χ4n) is 1.43. The third kappa shape index (κ3) is 6.08. The largest absolute Gasteiger partial charge is 0.480 e. The van der Waals surface area contributed by atoms with Gasteiger partial charge in [-0.25, -0.2) is 0 Å². The van der Waals surface area contributed by atoms with E-state index < -0.39 is 11.5 Å². The van der Waals surface area contributed by atoms with Gasteiger partial charge in [-0.1, -0.05) is 13.8 Å². The monoisotopic (exact) mass is 231 g/mol. The summed E-state index contributed by atoms with van der Waals surface area (Å²) in [7, 11) is 1.65. The Hall–Kier alpha value is -0.610. The van der Waals surface area contributed by atoms with Gasteiger partial charge >= 0.3 is 5.97 Å². The number of carbonyl (C=O) groups is 1. The molecule has 0 heterocycles. The highest BCUT2D eigenvalue weighted by Crippen LogP contribution is 2.16. The molecule has 4 nitrogen and oxygen atoms in total. The van der Waals surface area contributed by atoms with E-state index >= 15 is 0 Å². The van der Waals surface area contributed by atoms with Crippen LogP contribution in [0.3, 0.4) is 0 Å². The molecular formula is C12H25NO3. The van der Waals surface area contributed by atoms with Crippen molar-refractivity contribution in [2.75, 3.05) is 20.3 Å². The fraction of sp³-hybridized carbons (Fsp3) is 0.917. The number of aliphatic carboxylic acids is 1. The number of carboxylic acid groups (broad SMARTS) is 1. The Balaban J connectivity index is 4.07. The molecule has 0 aromatic carbocycles. The summed E-state index contributed by atoms with van der Waals surface area (Å²) in [6.07, 6.45) is 2.41. The van der Waals surface area contributed by atoms with Crippen molar-refractivity contribution in [1.29, 1.82) is 0 Å². The molecule has 2 N–H and O–H groups in total.